The number of rotatable bonds is 8. The standard InChI is InChI=1S/C18H18F2N2O4/c1-25-13-8-6-12(7-9-13)10-21-16(23)11-22-17(24)14-4-2-3-5-15(14)26-18(19)20/h2-9,18H,10-11H2,1H3,(H,21,23)(H,22,24). The van der Waals surface area contributed by atoms with E-state index < -0.39 is 18.4 Å². The summed E-state index contributed by atoms with van der Waals surface area (Å²) in [5.41, 5.74) is 0.789. The number of alkyl halides is 2. The fraction of sp³-hybridized carbons (Fsp3) is 0.222. The van der Waals surface area contributed by atoms with Gasteiger partial charge in [-0.15, -0.1) is 0 Å². The van der Waals surface area contributed by atoms with Crippen LogP contribution in [0.5, 0.6) is 11.5 Å². The minimum Gasteiger partial charge on any atom is -0.497 e. The fourth-order valence-corrected chi connectivity index (χ4v) is 2.12. The van der Waals surface area contributed by atoms with E-state index in [1.807, 2.05) is 0 Å². The van der Waals surface area contributed by atoms with Crippen molar-refractivity contribution in [1.82, 2.24) is 10.6 Å². The van der Waals surface area contributed by atoms with Crippen LogP contribution in [0.25, 0.3) is 0 Å². The Bertz CT molecular complexity index is 751. The Hall–Kier alpha value is -3.16. The van der Waals surface area contributed by atoms with Crippen LogP contribution in [0.3, 0.4) is 0 Å². The second-order valence-corrected chi connectivity index (χ2v) is 5.18. The molecule has 6 nitrogen and oxygen atoms in total. The first-order valence-corrected chi connectivity index (χ1v) is 7.71. The Morgan fingerprint density at radius 1 is 1.04 bits per heavy atom. The van der Waals surface area contributed by atoms with Crippen LogP contribution in [-0.4, -0.2) is 32.1 Å². The summed E-state index contributed by atoms with van der Waals surface area (Å²) in [6.07, 6.45) is 0. The van der Waals surface area contributed by atoms with Gasteiger partial charge >= 0.3 is 6.61 Å². The maximum absolute atomic E-state index is 12.4. The summed E-state index contributed by atoms with van der Waals surface area (Å²) in [5, 5.41) is 5.02. The highest BCUT2D eigenvalue weighted by Gasteiger charge is 2.15. The Balaban J connectivity index is 1.84. The third kappa shape index (κ3) is 5.73. The summed E-state index contributed by atoms with van der Waals surface area (Å²) in [6.45, 7) is -3.06. The number of hydrogen-bond acceptors (Lipinski definition) is 4. The predicted octanol–water partition coefficient (Wildman–Crippen LogP) is 2.34. The second kappa shape index (κ2) is 9.36. The molecule has 8 heteroatoms. The number of para-hydroxylation sites is 1. The molecule has 2 aromatic rings. The summed E-state index contributed by atoms with van der Waals surface area (Å²) in [5.74, 6) is -0.641. The van der Waals surface area contributed by atoms with Gasteiger partial charge in [-0.25, -0.2) is 0 Å². The van der Waals surface area contributed by atoms with Crippen molar-refractivity contribution in [2.45, 2.75) is 13.2 Å². The van der Waals surface area contributed by atoms with E-state index in [1.165, 1.54) is 24.3 Å². The van der Waals surface area contributed by atoms with Gasteiger partial charge in [-0.3, -0.25) is 9.59 Å². The van der Waals surface area contributed by atoms with Crippen LogP contribution in [-0.2, 0) is 11.3 Å². The number of nitrogens with one attached hydrogen (secondary N) is 2. The lowest BCUT2D eigenvalue weighted by atomic mass is 10.2. The molecule has 0 saturated carbocycles. The Morgan fingerprint density at radius 3 is 2.38 bits per heavy atom. The molecule has 0 fully saturated rings. The van der Waals surface area contributed by atoms with E-state index in [1.54, 1.807) is 31.4 Å². The summed E-state index contributed by atoms with van der Waals surface area (Å²) in [6, 6.07) is 12.7. The molecule has 0 bridgehead atoms. The first kappa shape index (κ1) is 19.2. The van der Waals surface area contributed by atoms with Crippen molar-refractivity contribution in [3.63, 3.8) is 0 Å². The molecule has 0 aliphatic carbocycles. The van der Waals surface area contributed by atoms with Gasteiger partial charge in [0.05, 0.1) is 19.2 Å². The molecule has 26 heavy (non-hydrogen) atoms. The summed E-state index contributed by atoms with van der Waals surface area (Å²) in [7, 11) is 1.56. The molecule has 0 radical (unpaired) electrons. The Kier molecular flexibility index (Phi) is 6.90. The highest BCUT2D eigenvalue weighted by molar-refractivity contribution is 5.98. The van der Waals surface area contributed by atoms with Gasteiger partial charge in [-0.1, -0.05) is 24.3 Å². The minimum absolute atomic E-state index is 0.0734. The van der Waals surface area contributed by atoms with E-state index in [9.17, 15) is 18.4 Å². The van der Waals surface area contributed by atoms with Crippen LogP contribution in [0.4, 0.5) is 8.78 Å². The van der Waals surface area contributed by atoms with Gasteiger partial charge in [0.25, 0.3) is 5.91 Å². The van der Waals surface area contributed by atoms with Gasteiger partial charge in [-0.2, -0.15) is 8.78 Å². The maximum atomic E-state index is 12.4. The van der Waals surface area contributed by atoms with Crippen molar-refractivity contribution in [3.8, 4) is 11.5 Å². The van der Waals surface area contributed by atoms with E-state index in [-0.39, 0.29) is 24.4 Å². The maximum Gasteiger partial charge on any atom is 0.387 e. The van der Waals surface area contributed by atoms with Crippen LogP contribution in [0.15, 0.2) is 48.5 Å². The fourth-order valence-electron chi connectivity index (χ4n) is 2.12. The first-order chi connectivity index (χ1) is 12.5. The molecule has 2 amide bonds. The van der Waals surface area contributed by atoms with Crippen LogP contribution in [0, 0.1) is 0 Å². The van der Waals surface area contributed by atoms with E-state index in [4.69, 9.17) is 4.74 Å². The van der Waals surface area contributed by atoms with Gasteiger partial charge in [0.2, 0.25) is 5.91 Å². The number of carbonyl (C=O) groups excluding carboxylic acids is 2. The molecule has 0 aliphatic heterocycles. The molecule has 0 aromatic heterocycles. The van der Waals surface area contributed by atoms with Crippen molar-refractivity contribution in [3.05, 3.63) is 59.7 Å². The van der Waals surface area contributed by atoms with Gasteiger partial charge in [0.15, 0.2) is 0 Å². The molecule has 2 rings (SSSR count). The molecule has 2 aromatic carbocycles. The van der Waals surface area contributed by atoms with Crippen molar-refractivity contribution in [1.29, 1.82) is 0 Å². The van der Waals surface area contributed by atoms with Gasteiger partial charge in [0, 0.05) is 6.54 Å². The molecule has 0 aliphatic rings. The summed E-state index contributed by atoms with van der Waals surface area (Å²) in [4.78, 5) is 23.9. The molecule has 2 N–H and O–H groups in total. The topological polar surface area (TPSA) is 76.7 Å². The Morgan fingerprint density at radius 2 is 1.73 bits per heavy atom. The molecule has 0 atom stereocenters. The van der Waals surface area contributed by atoms with Crippen molar-refractivity contribution in [2.24, 2.45) is 0 Å². The van der Waals surface area contributed by atoms with E-state index >= 15 is 0 Å². The highest BCUT2D eigenvalue weighted by Crippen LogP contribution is 2.19. The number of amides is 2. The SMILES string of the molecule is COc1ccc(CNC(=O)CNC(=O)c2ccccc2OC(F)F)cc1. The van der Waals surface area contributed by atoms with E-state index in [2.05, 4.69) is 15.4 Å². The third-order valence-corrected chi connectivity index (χ3v) is 3.41. The third-order valence-electron chi connectivity index (χ3n) is 3.41. The van der Waals surface area contributed by atoms with Crippen LogP contribution in [0.2, 0.25) is 0 Å². The summed E-state index contributed by atoms with van der Waals surface area (Å²) < 4.78 is 34.1. The van der Waals surface area contributed by atoms with Crippen molar-refractivity contribution in [2.75, 3.05) is 13.7 Å². The molecule has 138 valence electrons. The van der Waals surface area contributed by atoms with Gasteiger partial charge in [-0.05, 0) is 29.8 Å². The predicted molar refractivity (Wildman–Crippen MR) is 90.2 cm³/mol. The summed E-state index contributed by atoms with van der Waals surface area (Å²) >= 11 is 0. The first-order valence-electron chi connectivity index (χ1n) is 7.71. The monoisotopic (exact) mass is 364 g/mol. The zero-order valence-corrected chi connectivity index (χ0v) is 14.0. The lowest BCUT2D eigenvalue weighted by Gasteiger charge is -2.11. The highest BCUT2D eigenvalue weighted by atomic mass is 19.3. The van der Waals surface area contributed by atoms with Crippen LogP contribution < -0.4 is 20.1 Å². The average molecular weight is 364 g/mol. The minimum atomic E-state index is -3.04. The normalized spacial score (nSPS) is 10.3. The molecule has 0 spiro atoms. The van der Waals surface area contributed by atoms with Crippen molar-refractivity contribution >= 4 is 11.8 Å². The number of carbonyl (C=O) groups is 2. The van der Waals surface area contributed by atoms with Crippen molar-refractivity contribution < 1.29 is 27.8 Å². The number of methoxy groups -OCH3 is 1. The zero-order valence-electron chi connectivity index (χ0n) is 14.0. The number of ether oxygens (including phenoxy) is 2. The number of benzene rings is 2. The molecular weight excluding hydrogens is 346 g/mol. The van der Waals surface area contributed by atoms with Gasteiger partial charge in [0.1, 0.15) is 11.5 Å². The van der Waals surface area contributed by atoms with E-state index in [0.717, 1.165) is 5.56 Å². The molecule has 0 heterocycles. The number of halogens is 2. The lowest BCUT2D eigenvalue weighted by Crippen LogP contribution is -2.36. The second-order valence-electron chi connectivity index (χ2n) is 5.18. The lowest BCUT2D eigenvalue weighted by molar-refractivity contribution is -0.120. The molecular formula is C18H18F2N2O4. The molecule has 0 unspecified atom stereocenters. The van der Waals surface area contributed by atoms with Crippen LogP contribution in [0.1, 0.15) is 15.9 Å². The average Bonchev–Trinajstić information content (AvgIpc) is 2.64. The smallest absolute Gasteiger partial charge is 0.387 e. The number of hydrogen-bond donors (Lipinski definition) is 2. The van der Waals surface area contributed by atoms with Crippen LogP contribution >= 0.6 is 0 Å². The zero-order chi connectivity index (χ0) is 18.9. The van der Waals surface area contributed by atoms with E-state index in [0.29, 0.717) is 5.75 Å². The largest absolute Gasteiger partial charge is 0.497 e. The Labute approximate surface area is 149 Å². The van der Waals surface area contributed by atoms with Gasteiger partial charge < -0.3 is 20.1 Å². The molecule has 0 saturated heterocycles. The quantitative estimate of drug-likeness (QED) is 0.754.